The summed E-state index contributed by atoms with van der Waals surface area (Å²) in [4.78, 5) is 23.5. The molecule has 0 saturated carbocycles. The van der Waals surface area contributed by atoms with E-state index in [2.05, 4.69) is 5.32 Å². The van der Waals surface area contributed by atoms with Crippen LogP contribution in [0, 0.1) is 25.5 Å². The van der Waals surface area contributed by atoms with Gasteiger partial charge in [-0.1, -0.05) is 11.6 Å². The summed E-state index contributed by atoms with van der Waals surface area (Å²) in [5.41, 5.74) is 0.00610. The molecular formula is C18H15ClF2N2O5S. The Balaban J connectivity index is 2.30. The molecule has 0 spiro atoms. The highest BCUT2D eigenvalue weighted by Gasteiger charge is 2.43. The average Bonchev–Trinajstić information content (AvgIpc) is 2.60. The van der Waals surface area contributed by atoms with E-state index in [0.29, 0.717) is 27.0 Å². The molecule has 29 heavy (non-hydrogen) atoms. The molecule has 1 amide bonds. The van der Waals surface area contributed by atoms with Crippen molar-refractivity contribution in [1.82, 2.24) is 0 Å². The van der Waals surface area contributed by atoms with Crippen molar-refractivity contribution in [3.05, 3.63) is 52.0 Å². The number of carboxylic acids is 1. The molecule has 0 aromatic heterocycles. The maximum absolute atomic E-state index is 13.9. The molecule has 0 radical (unpaired) electrons. The van der Waals surface area contributed by atoms with Gasteiger partial charge >= 0.3 is 5.97 Å². The van der Waals surface area contributed by atoms with E-state index in [1.165, 1.54) is 19.1 Å². The van der Waals surface area contributed by atoms with Gasteiger partial charge in [-0.3, -0.25) is 13.9 Å². The summed E-state index contributed by atoms with van der Waals surface area (Å²) < 4.78 is 55.0. The Morgan fingerprint density at radius 1 is 1.17 bits per heavy atom. The number of hydrogen-bond donors (Lipinski definition) is 2. The van der Waals surface area contributed by atoms with E-state index in [-0.39, 0.29) is 21.8 Å². The third kappa shape index (κ3) is 3.65. The maximum Gasteiger partial charge on any atom is 0.306 e. The molecule has 0 fully saturated rings. The summed E-state index contributed by atoms with van der Waals surface area (Å²) in [5, 5.41) is 11.7. The first-order valence-electron chi connectivity index (χ1n) is 8.26. The number of benzene rings is 2. The molecule has 2 aromatic rings. The largest absolute Gasteiger partial charge is 0.481 e. The molecule has 154 valence electrons. The summed E-state index contributed by atoms with van der Waals surface area (Å²) in [6, 6.07) is 2.23. The normalized spacial score (nSPS) is 16.4. The van der Waals surface area contributed by atoms with Crippen LogP contribution in [0.2, 0.25) is 5.02 Å². The predicted molar refractivity (Wildman–Crippen MR) is 102 cm³/mol. The van der Waals surface area contributed by atoms with Gasteiger partial charge in [-0.25, -0.2) is 17.2 Å². The first-order valence-corrected chi connectivity index (χ1v) is 10.1. The number of rotatable bonds is 4. The van der Waals surface area contributed by atoms with Gasteiger partial charge in [-0.2, -0.15) is 0 Å². The SMILES string of the molecule is Cc1cc(S(=O)(=O)N2c3cc(F)c(F)cc3NC(=O)[C@H]2CC(=O)O)c(C)cc1Cl. The Morgan fingerprint density at radius 3 is 2.41 bits per heavy atom. The zero-order valence-corrected chi connectivity index (χ0v) is 16.7. The van der Waals surface area contributed by atoms with Crippen molar-refractivity contribution in [3.63, 3.8) is 0 Å². The molecular weight excluding hydrogens is 430 g/mol. The molecule has 11 heteroatoms. The fraction of sp³-hybridized carbons (Fsp3) is 0.222. The first-order chi connectivity index (χ1) is 13.4. The highest BCUT2D eigenvalue weighted by molar-refractivity contribution is 7.93. The monoisotopic (exact) mass is 444 g/mol. The van der Waals surface area contributed by atoms with Gasteiger partial charge in [0.25, 0.3) is 10.0 Å². The Hall–Kier alpha value is -2.72. The van der Waals surface area contributed by atoms with Gasteiger partial charge in [-0.05, 0) is 37.1 Å². The minimum absolute atomic E-state index is 0.236. The van der Waals surface area contributed by atoms with Crippen LogP contribution in [0.25, 0.3) is 0 Å². The van der Waals surface area contributed by atoms with E-state index >= 15 is 0 Å². The van der Waals surface area contributed by atoms with Crippen LogP contribution in [0.15, 0.2) is 29.2 Å². The number of anilines is 2. The van der Waals surface area contributed by atoms with Crippen molar-refractivity contribution >= 4 is 44.9 Å². The van der Waals surface area contributed by atoms with Crippen LogP contribution in [0.1, 0.15) is 17.5 Å². The van der Waals surface area contributed by atoms with Crippen LogP contribution in [0.5, 0.6) is 0 Å². The van der Waals surface area contributed by atoms with Crippen molar-refractivity contribution < 1.29 is 31.9 Å². The third-order valence-electron chi connectivity index (χ3n) is 4.48. The lowest BCUT2D eigenvalue weighted by atomic mass is 10.1. The van der Waals surface area contributed by atoms with Crippen LogP contribution in [-0.2, 0) is 19.6 Å². The van der Waals surface area contributed by atoms with Crippen molar-refractivity contribution in [2.24, 2.45) is 0 Å². The van der Waals surface area contributed by atoms with Crippen molar-refractivity contribution in [2.75, 3.05) is 9.62 Å². The topological polar surface area (TPSA) is 104 Å². The van der Waals surface area contributed by atoms with Crippen LogP contribution >= 0.6 is 11.6 Å². The number of fused-ring (bicyclic) bond motifs is 1. The summed E-state index contributed by atoms with van der Waals surface area (Å²) in [6.45, 7) is 3.04. The molecule has 7 nitrogen and oxygen atoms in total. The lowest BCUT2D eigenvalue weighted by molar-refractivity contribution is -0.138. The molecule has 2 N–H and O–H groups in total. The van der Waals surface area contributed by atoms with Crippen LogP contribution < -0.4 is 9.62 Å². The minimum Gasteiger partial charge on any atom is -0.481 e. The fourth-order valence-electron chi connectivity index (χ4n) is 3.09. The number of sulfonamides is 1. The maximum atomic E-state index is 13.9. The predicted octanol–water partition coefficient (Wildman–Crippen LogP) is 3.23. The first kappa shape index (κ1) is 21.0. The van der Waals surface area contributed by atoms with E-state index in [4.69, 9.17) is 16.7 Å². The average molecular weight is 445 g/mol. The Kier molecular flexibility index (Phi) is 5.26. The molecule has 1 aliphatic rings. The standard InChI is InChI=1S/C18H15ClF2N2O5S/c1-8-4-16(9(2)3-10(8)19)29(27,28)23-14-6-12(21)11(20)5-13(14)22-18(26)15(23)7-17(24)25/h3-6,15H,7H2,1-2H3,(H,22,26)(H,24,25)/t15-/m1/s1. The Bertz CT molecular complexity index is 1150. The smallest absolute Gasteiger partial charge is 0.306 e. The van der Waals surface area contributed by atoms with Gasteiger partial charge in [0, 0.05) is 17.2 Å². The van der Waals surface area contributed by atoms with E-state index in [9.17, 15) is 26.8 Å². The van der Waals surface area contributed by atoms with Crippen LogP contribution in [0.4, 0.5) is 20.2 Å². The molecule has 0 aliphatic carbocycles. The molecule has 1 aliphatic heterocycles. The summed E-state index contributed by atoms with van der Waals surface area (Å²) >= 11 is 6.02. The van der Waals surface area contributed by atoms with Gasteiger partial charge in [0.2, 0.25) is 5.91 Å². The quantitative estimate of drug-likeness (QED) is 0.753. The minimum atomic E-state index is -4.54. The fourth-order valence-corrected chi connectivity index (χ4v) is 5.22. The van der Waals surface area contributed by atoms with Crippen molar-refractivity contribution in [1.29, 1.82) is 0 Å². The van der Waals surface area contributed by atoms with Gasteiger partial charge in [0.05, 0.1) is 22.7 Å². The second-order valence-electron chi connectivity index (χ2n) is 6.55. The van der Waals surface area contributed by atoms with Crippen molar-refractivity contribution in [2.45, 2.75) is 31.2 Å². The van der Waals surface area contributed by atoms with E-state index in [1.54, 1.807) is 6.92 Å². The van der Waals surface area contributed by atoms with E-state index in [1.807, 2.05) is 0 Å². The highest BCUT2D eigenvalue weighted by Crippen LogP contribution is 2.39. The Morgan fingerprint density at radius 2 is 1.79 bits per heavy atom. The number of carbonyl (C=O) groups is 2. The summed E-state index contributed by atoms with van der Waals surface area (Å²) in [6.07, 6.45) is -0.880. The lowest BCUT2D eigenvalue weighted by Gasteiger charge is -2.36. The third-order valence-corrected chi connectivity index (χ3v) is 6.85. The summed E-state index contributed by atoms with van der Waals surface area (Å²) in [7, 11) is -4.54. The van der Waals surface area contributed by atoms with Gasteiger partial charge in [0.1, 0.15) is 6.04 Å². The van der Waals surface area contributed by atoms with Crippen LogP contribution in [-0.4, -0.2) is 31.4 Å². The van der Waals surface area contributed by atoms with Crippen LogP contribution in [0.3, 0.4) is 0 Å². The molecule has 0 saturated heterocycles. The van der Waals surface area contributed by atoms with E-state index in [0.717, 1.165) is 0 Å². The number of halogens is 3. The number of amides is 1. The number of hydrogen-bond acceptors (Lipinski definition) is 4. The molecule has 3 rings (SSSR count). The number of aryl methyl sites for hydroxylation is 2. The molecule has 0 bridgehead atoms. The van der Waals surface area contributed by atoms with Gasteiger partial charge in [0.15, 0.2) is 11.6 Å². The number of nitrogens with zero attached hydrogens (tertiary/aromatic N) is 1. The van der Waals surface area contributed by atoms with E-state index < -0.39 is 46.0 Å². The number of carboxylic acid groups (broad SMARTS) is 1. The number of aliphatic carboxylic acids is 1. The highest BCUT2D eigenvalue weighted by atomic mass is 35.5. The molecule has 1 heterocycles. The summed E-state index contributed by atoms with van der Waals surface area (Å²) in [5.74, 6) is -5.06. The van der Waals surface area contributed by atoms with Gasteiger partial charge in [-0.15, -0.1) is 0 Å². The van der Waals surface area contributed by atoms with Crippen molar-refractivity contribution in [3.8, 4) is 0 Å². The molecule has 0 unspecified atom stereocenters. The number of carbonyl (C=O) groups excluding carboxylic acids is 1. The second-order valence-corrected chi connectivity index (χ2v) is 8.74. The zero-order chi connectivity index (χ0) is 21.7. The molecule has 2 aromatic carbocycles. The number of nitrogens with one attached hydrogen (secondary N) is 1. The second kappa shape index (κ2) is 7.27. The zero-order valence-electron chi connectivity index (χ0n) is 15.2. The molecule has 1 atom stereocenters. The van der Waals surface area contributed by atoms with Gasteiger partial charge < -0.3 is 10.4 Å². The Labute approximate surface area is 169 Å². The lowest BCUT2D eigenvalue weighted by Crippen LogP contribution is -2.52.